The normalized spacial score (nSPS) is 12.1. The van der Waals surface area contributed by atoms with Gasteiger partial charge >= 0.3 is 0 Å². The molecule has 8 heteroatoms. The Bertz CT molecular complexity index is 876. The summed E-state index contributed by atoms with van der Waals surface area (Å²) in [4.78, 5) is 33.0. The number of nitriles is 1. The number of aromatic amines is 1. The van der Waals surface area contributed by atoms with Gasteiger partial charge in [-0.05, 0) is 26.3 Å². The van der Waals surface area contributed by atoms with Crippen LogP contribution < -0.4 is 5.56 Å². The highest BCUT2D eigenvalue weighted by atomic mass is 32.2. The van der Waals surface area contributed by atoms with Gasteiger partial charge in [0.25, 0.3) is 5.56 Å². The minimum Gasteiger partial charge on any atom is -0.309 e. The van der Waals surface area contributed by atoms with E-state index in [1.165, 1.54) is 30.0 Å². The number of ketones is 1. The second kappa shape index (κ2) is 7.06. The molecule has 120 valence electrons. The lowest BCUT2D eigenvalue weighted by atomic mass is 10.0. The lowest BCUT2D eigenvalue weighted by Gasteiger charge is -2.06. The molecule has 0 bridgehead atoms. The van der Waals surface area contributed by atoms with Crippen LogP contribution in [0.25, 0.3) is 10.2 Å². The molecule has 0 saturated heterocycles. The first-order valence-electron chi connectivity index (χ1n) is 6.89. The number of hydrogen-bond acceptors (Lipinski definition) is 7. The maximum Gasteiger partial charge on any atom is 0.259 e. The van der Waals surface area contributed by atoms with E-state index in [9.17, 15) is 9.59 Å². The summed E-state index contributed by atoms with van der Waals surface area (Å²) in [6.07, 6.45) is 0. The van der Waals surface area contributed by atoms with Gasteiger partial charge in [-0.2, -0.15) is 5.26 Å². The van der Waals surface area contributed by atoms with E-state index in [1.807, 2.05) is 19.9 Å². The number of fused-ring (bicyclic) bond motifs is 1. The largest absolute Gasteiger partial charge is 0.309 e. The van der Waals surface area contributed by atoms with E-state index in [0.717, 1.165) is 10.4 Å². The molecule has 0 amide bonds. The van der Waals surface area contributed by atoms with Crippen molar-refractivity contribution in [3.63, 3.8) is 0 Å². The molecule has 2 N–H and O–H groups in total. The van der Waals surface area contributed by atoms with E-state index >= 15 is 0 Å². The number of aryl methyl sites for hydroxylation is 2. The Hall–Kier alpha value is -1.98. The zero-order valence-electron chi connectivity index (χ0n) is 13.0. The van der Waals surface area contributed by atoms with Gasteiger partial charge in [-0.1, -0.05) is 0 Å². The SMILES string of the molecule is CC(=N)[C@@H](C#N)C(=O)CSCc1nc2sc(C)c(C)c2c(=O)[nH]1. The van der Waals surface area contributed by atoms with Gasteiger partial charge in [0, 0.05) is 10.6 Å². The Balaban J connectivity index is 2.09. The first kappa shape index (κ1) is 17.4. The standard InChI is InChI=1S/C15H16N4O2S2/c1-7-9(3)23-15-13(7)14(21)18-12(19-15)6-22-5-11(20)10(4-16)8(2)17/h10,17H,5-6H2,1-3H3,(H,18,19,21)/t10-/m1/s1. The second-order valence-corrected chi connectivity index (χ2v) is 7.37. The molecule has 0 aliphatic rings. The smallest absolute Gasteiger partial charge is 0.259 e. The second-order valence-electron chi connectivity index (χ2n) is 5.18. The molecule has 0 spiro atoms. The average molecular weight is 348 g/mol. The molecule has 0 radical (unpaired) electrons. The summed E-state index contributed by atoms with van der Waals surface area (Å²) in [5.74, 6) is -0.279. The van der Waals surface area contributed by atoms with Crippen LogP contribution in [-0.4, -0.2) is 27.2 Å². The summed E-state index contributed by atoms with van der Waals surface area (Å²) in [6, 6.07) is 1.83. The molecule has 0 saturated carbocycles. The zero-order valence-corrected chi connectivity index (χ0v) is 14.7. The molecular weight excluding hydrogens is 332 g/mol. The highest BCUT2D eigenvalue weighted by Gasteiger charge is 2.20. The number of thioether (sulfide) groups is 1. The topological polar surface area (TPSA) is 110 Å². The molecule has 6 nitrogen and oxygen atoms in total. The first-order valence-corrected chi connectivity index (χ1v) is 8.86. The summed E-state index contributed by atoms with van der Waals surface area (Å²) in [7, 11) is 0. The van der Waals surface area contributed by atoms with Crippen molar-refractivity contribution in [2.75, 3.05) is 5.75 Å². The van der Waals surface area contributed by atoms with Crippen LogP contribution in [0.1, 0.15) is 23.2 Å². The number of aromatic nitrogens is 2. The van der Waals surface area contributed by atoms with E-state index in [0.29, 0.717) is 21.8 Å². The molecule has 2 aromatic heterocycles. The maximum atomic E-state index is 12.1. The van der Waals surface area contributed by atoms with Crippen molar-refractivity contribution >= 4 is 44.8 Å². The van der Waals surface area contributed by atoms with E-state index in [-0.39, 0.29) is 22.8 Å². The predicted octanol–water partition coefficient (Wildman–Crippen LogP) is 2.58. The summed E-state index contributed by atoms with van der Waals surface area (Å²) >= 11 is 2.76. The van der Waals surface area contributed by atoms with Crippen molar-refractivity contribution in [3.8, 4) is 6.07 Å². The Morgan fingerprint density at radius 3 is 2.83 bits per heavy atom. The molecule has 0 fully saturated rings. The van der Waals surface area contributed by atoms with Crippen LogP contribution >= 0.6 is 23.1 Å². The third kappa shape index (κ3) is 3.68. The monoisotopic (exact) mass is 348 g/mol. The summed E-state index contributed by atoms with van der Waals surface area (Å²) in [5, 5.41) is 16.9. The van der Waals surface area contributed by atoms with E-state index in [1.54, 1.807) is 0 Å². The number of thiophene rings is 1. The fourth-order valence-corrected chi connectivity index (χ4v) is 3.96. The lowest BCUT2D eigenvalue weighted by Crippen LogP contribution is -2.21. The summed E-state index contributed by atoms with van der Waals surface area (Å²) < 4.78 is 0. The fraction of sp³-hybridized carbons (Fsp3) is 0.400. The van der Waals surface area contributed by atoms with Crippen LogP contribution in [0.4, 0.5) is 0 Å². The molecule has 2 aromatic rings. The third-order valence-corrected chi connectivity index (χ3v) is 5.52. The van der Waals surface area contributed by atoms with Crippen molar-refractivity contribution < 1.29 is 4.79 Å². The highest BCUT2D eigenvalue weighted by Crippen LogP contribution is 2.26. The molecule has 0 aromatic carbocycles. The van der Waals surface area contributed by atoms with Gasteiger partial charge in [-0.3, -0.25) is 9.59 Å². The molecule has 2 heterocycles. The number of nitrogens with zero attached hydrogens (tertiary/aromatic N) is 2. The van der Waals surface area contributed by atoms with Crippen LogP contribution in [-0.2, 0) is 10.5 Å². The Labute approximate surface area is 141 Å². The van der Waals surface area contributed by atoms with Crippen molar-refractivity contribution in [1.29, 1.82) is 10.7 Å². The van der Waals surface area contributed by atoms with Crippen LogP contribution in [0, 0.1) is 36.5 Å². The number of hydrogen-bond donors (Lipinski definition) is 2. The number of carbonyl (C=O) groups is 1. The molecule has 0 unspecified atom stereocenters. The van der Waals surface area contributed by atoms with Crippen LogP contribution in [0.2, 0.25) is 0 Å². The molecular formula is C15H16N4O2S2. The number of rotatable bonds is 6. The van der Waals surface area contributed by atoms with Crippen molar-refractivity contribution in [2.45, 2.75) is 26.5 Å². The third-order valence-electron chi connectivity index (χ3n) is 3.46. The number of nitrogens with one attached hydrogen (secondary N) is 2. The van der Waals surface area contributed by atoms with Gasteiger partial charge in [0.15, 0.2) is 5.78 Å². The Morgan fingerprint density at radius 2 is 2.22 bits per heavy atom. The van der Waals surface area contributed by atoms with Crippen molar-refractivity contribution in [2.24, 2.45) is 5.92 Å². The van der Waals surface area contributed by atoms with Crippen molar-refractivity contribution in [3.05, 3.63) is 26.6 Å². The van der Waals surface area contributed by atoms with E-state index in [4.69, 9.17) is 10.7 Å². The number of carbonyl (C=O) groups excluding carboxylic acids is 1. The molecule has 0 aliphatic heterocycles. The van der Waals surface area contributed by atoms with Gasteiger partial charge in [0.05, 0.1) is 23.0 Å². The minimum atomic E-state index is -0.986. The molecule has 2 rings (SSSR count). The molecule has 23 heavy (non-hydrogen) atoms. The summed E-state index contributed by atoms with van der Waals surface area (Å²) in [5.41, 5.74) is 0.839. The highest BCUT2D eigenvalue weighted by molar-refractivity contribution is 7.99. The molecule has 1 atom stereocenters. The predicted molar refractivity (Wildman–Crippen MR) is 93.4 cm³/mol. The number of H-pyrrole nitrogens is 1. The van der Waals surface area contributed by atoms with Gasteiger partial charge in [-0.25, -0.2) is 4.98 Å². The number of Topliss-reactive ketones (excluding diaryl/α,β-unsaturated/α-hetero) is 1. The average Bonchev–Trinajstić information content (AvgIpc) is 2.74. The lowest BCUT2D eigenvalue weighted by molar-refractivity contribution is -0.117. The maximum absolute atomic E-state index is 12.1. The van der Waals surface area contributed by atoms with Crippen molar-refractivity contribution in [1.82, 2.24) is 9.97 Å². The van der Waals surface area contributed by atoms with Gasteiger partial charge in [-0.15, -0.1) is 23.1 Å². The van der Waals surface area contributed by atoms with Crippen LogP contribution in [0.15, 0.2) is 4.79 Å². The first-order chi connectivity index (χ1) is 10.8. The molecule has 0 aliphatic carbocycles. The summed E-state index contributed by atoms with van der Waals surface area (Å²) in [6.45, 7) is 5.31. The van der Waals surface area contributed by atoms with Gasteiger partial charge < -0.3 is 10.4 Å². The van der Waals surface area contributed by atoms with E-state index < -0.39 is 5.92 Å². The zero-order chi connectivity index (χ0) is 17.1. The minimum absolute atomic E-state index is 0.0515. The van der Waals surface area contributed by atoms with E-state index in [2.05, 4.69) is 9.97 Å². The fourth-order valence-electron chi connectivity index (χ4n) is 2.11. The van der Waals surface area contributed by atoms with Gasteiger partial charge in [0.2, 0.25) is 0 Å². The van der Waals surface area contributed by atoms with Gasteiger partial charge in [0.1, 0.15) is 16.6 Å². The van der Waals surface area contributed by atoms with Crippen LogP contribution in [0.3, 0.4) is 0 Å². The Morgan fingerprint density at radius 1 is 1.52 bits per heavy atom. The quantitative estimate of drug-likeness (QED) is 0.780. The Kier molecular flexibility index (Phi) is 5.34. The van der Waals surface area contributed by atoms with Crippen LogP contribution in [0.5, 0.6) is 0 Å².